The molecular formula is C13H17N3O3S. The summed E-state index contributed by atoms with van der Waals surface area (Å²) in [5, 5.41) is 4.00. The average molecular weight is 295 g/mol. The fourth-order valence-electron chi connectivity index (χ4n) is 1.87. The predicted octanol–water partition coefficient (Wildman–Crippen LogP) is 0.167. The third-order valence-corrected chi connectivity index (χ3v) is 3.54. The van der Waals surface area contributed by atoms with E-state index in [1.807, 2.05) is 30.3 Å². The van der Waals surface area contributed by atoms with Crippen LogP contribution in [0.4, 0.5) is 0 Å². The number of aromatic nitrogens is 1. The molecule has 0 unspecified atom stereocenters. The first-order valence-electron chi connectivity index (χ1n) is 6.22. The van der Waals surface area contributed by atoms with Gasteiger partial charge in [-0.25, -0.2) is 13.1 Å². The van der Waals surface area contributed by atoms with Gasteiger partial charge in [0.15, 0.2) is 0 Å². The number of pyridine rings is 1. The van der Waals surface area contributed by atoms with Crippen molar-refractivity contribution in [1.82, 2.24) is 15.0 Å². The van der Waals surface area contributed by atoms with E-state index in [9.17, 15) is 13.2 Å². The van der Waals surface area contributed by atoms with Crippen LogP contribution in [0.15, 0.2) is 35.1 Å². The lowest BCUT2D eigenvalue weighted by atomic mass is 10.1. The van der Waals surface area contributed by atoms with E-state index in [2.05, 4.69) is 15.0 Å². The van der Waals surface area contributed by atoms with Crippen LogP contribution in [0.5, 0.6) is 0 Å². The van der Waals surface area contributed by atoms with Crippen LogP contribution in [0.3, 0.4) is 0 Å². The lowest BCUT2D eigenvalue weighted by Crippen LogP contribution is -2.31. The summed E-state index contributed by atoms with van der Waals surface area (Å²) in [7, 11) is -3.16. The van der Waals surface area contributed by atoms with Gasteiger partial charge in [-0.15, -0.1) is 0 Å². The molecule has 0 aliphatic heterocycles. The molecule has 0 saturated carbocycles. The van der Waals surface area contributed by atoms with Gasteiger partial charge in [-0.3, -0.25) is 4.79 Å². The fourth-order valence-corrected chi connectivity index (χ4v) is 2.34. The van der Waals surface area contributed by atoms with E-state index in [4.69, 9.17) is 0 Å². The van der Waals surface area contributed by atoms with Gasteiger partial charge in [-0.05, 0) is 17.5 Å². The van der Waals surface area contributed by atoms with Crippen LogP contribution in [-0.4, -0.2) is 32.7 Å². The van der Waals surface area contributed by atoms with E-state index in [0.29, 0.717) is 25.2 Å². The predicted molar refractivity (Wildman–Crippen MR) is 79.1 cm³/mol. The van der Waals surface area contributed by atoms with Crippen LogP contribution in [0.25, 0.3) is 10.9 Å². The highest BCUT2D eigenvalue weighted by Gasteiger charge is 2.03. The van der Waals surface area contributed by atoms with Crippen molar-refractivity contribution in [2.45, 2.75) is 6.54 Å². The molecule has 0 amide bonds. The van der Waals surface area contributed by atoms with Crippen LogP contribution in [0, 0.1) is 0 Å². The van der Waals surface area contributed by atoms with Crippen molar-refractivity contribution < 1.29 is 8.42 Å². The molecule has 108 valence electrons. The third kappa shape index (κ3) is 4.16. The van der Waals surface area contributed by atoms with Crippen molar-refractivity contribution in [1.29, 1.82) is 0 Å². The van der Waals surface area contributed by atoms with Crippen molar-refractivity contribution in [2.75, 3.05) is 19.3 Å². The van der Waals surface area contributed by atoms with Crippen LogP contribution in [0.2, 0.25) is 0 Å². The maximum atomic E-state index is 11.8. The second-order valence-electron chi connectivity index (χ2n) is 4.55. The van der Waals surface area contributed by atoms with E-state index in [1.54, 1.807) is 0 Å². The summed E-state index contributed by atoms with van der Waals surface area (Å²) in [5.74, 6) is 0. The highest BCUT2D eigenvalue weighted by atomic mass is 32.2. The molecule has 1 aromatic carbocycles. The number of hydrogen-bond acceptors (Lipinski definition) is 4. The monoisotopic (exact) mass is 295 g/mol. The molecular weight excluding hydrogens is 278 g/mol. The maximum Gasteiger partial charge on any atom is 0.252 e. The van der Waals surface area contributed by atoms with Gasteiger partial charge in [0.1, 0.15) is 0 Å². The zero-order valence-corrected chi connectivity index (χ0v) is 12.0. The number of fused-ring (bicyclic) bond motifs is 1. The van der Waals surface area contributed by atoms with Crippen molar-refractivity contribution in [3.63, 3.8) is 0 Å². The van der Waals surface area contributed by atoms with E-state index < -0.39 is 10.0 Å². The maximum absolute atomic E-state index is 11.8. The number of hydrogen-bond donors (Lipinski definition) is 3. The summed E-state index contributed by atoms with van der Waals surface area (Å²) in [4.78, 5) is 14.7. The summed E-state index contributed by atoms with van der Waals surface area (Å²) >= 11 is 0. The Kier molecular flexibility index (Phi) is 4.53. The lowest BCUT2D eigenvalue weighted by Gasteiger charge is -2.06. The van der Waals surface area contributed by atoms with Crippen LogP contribution in [-0.2, 0) is 16.6 Å². The molecule has 2 aromatic rings. The Bertz CT molecular complexity index is 753. The summed E-state index contributed by atoms with van der Waals surface area (Å²) in [6.45, 7) is 1.15. The summed E-state index contributed by atoms with van der Waals surface area (Å²) in [6.07, 6.45) is 1.11. The molecule has 0 spiro atoms. The number of sulfonamides is 1. The van der Waals surface area contributed by atoms with Crippen LogP contribution in [0.1, 0.15) is 5.56 Å². The van der Waals surface area contributed by atoms with Crippen molar-refractivity contribution in [2.24, 2.45) is 0 Å². The number of benzene rings is 1. The average Bonchev–Trinajstić information content (AvgIpc) is 2.37. The normalized spacial score (nSPS) is 11.8. The third-order valence-electron chi connectivity index (χ3n) is 2.81. The van der Waals surface area contributed by atoms with Crippen molar-refractivity contribution in [3.05, 3.63) is 46.2 Å². The first-order chi connectivity index (χ1) is 9.46. The number of aromatic amines is 1. The lowest BCUT2D eigenvalue weighted by molar-refractivity contribution is 0.581. The van der Waals surface area contributed by atoms with Crippen LogP contribution < -0.4 is 15.6 Å². The number of nitrogens with one attached hydrogen (secondary N) is 3. The van der Waals surface area contributed by atoms with E-state index in [0.717, 1.165) is 17.2 Å². The first kappa shape index (κ1) is 14.7. The van der Waals surface area contributed by atoms with E-state index >= 15 is 0 Å². The molecule has 0 fully saturated rings. The van der Waals surface area contributed by atoms with Gasteiger partial charge in [0.05, 0.1) is 6.26 Å². The second kappa shape index (κ2) is 6.17. The topological polar surface area (TPSA) is 91.1 Å². The summed E-state index contributed by atoms with van der Waals surface area (Å²) in [5.41, 5.74) is 1.30. The number of rotatable bonds is 6. The molecule has 0 radical (unpaired) electrons. The minimum absolute atomic E-state index is 0.132. The molecule has 6 nitrogen and oxygen atoms in total. The Hall–Kier alpha value is -1.70. The Morgan fingerprint density at radius 2 is 1.95 bits per heavy atom. The summed E-state index contributed by atoms with van der Waals surface area (Å²) < 4.78 is 24.1. The smallest absolute Gasteiger partial charge is 0.252 e. The Balaban J connectivity index is 1.96. The zero-order valence-electron chi connectivity index (χ0n) is 11.1. The highest BCUT2D eigenvalue weighted by molar-refractivity contribution is 7.88. The summed E-state index contributed by atoms with van der Waals surface area (Å²) in [6, 6.07) is 9.40. The van der Waals surface area contributed by atoms with E-state index in [-0.39, 0.29) is 5.56 Å². The molecule has 0 aliphatic rings. The van der Waals surface area contributed by atoms with Gasteiger partial charge in [0.2, 0.25) is 10.0 Å². The van der Waals surface area contributed by atoms with Gasteiger partial charge in [0.25, 0.3) is 5.56 Å². The van der Waals surface area contributed by atoms with Gasteiger partial charge in [-0.1, -0.05) is 18.2 Å². The van der Waals surface area contributed by atoms with Gasteiger partial charge >= 0.3 is 0 Å². The van der Waals surface area contributed by atoms with Gasteiger partial charge < -0.3 is 10.3 Å². The minimum Gasteiger partial charge on any atom is -0.322 e. The molecule has 20 heavy (non-hydrogen) atoms. The van der Waals surface area contributed by atoms with E-state index in [1.165, 1.54) is 0 Å². The van der Waals surface area contributed by atoms with Crippen molar-refractivity contribution >= 4 is 20.9 Å². The fraction of sp³-hybridized carbons (Fsp3) is 0.308. The molecule has 2 rings (SSSR count). The van der Waals surface area contributed by atoms with Crippen molar-refractivity contribution in [3.8, 4) is 0 Å². The molecule has 1 heterocycles. The molecule has 3 N–H and O–H groups in total. The van der Waals surface area contributed by atoms with Gasteiger partial charge in [-0.2, -0.15) is 0 Å². The second-order valence-corrected chi connectivity index (χ2v) is 6.39. The molecule has 1 aromatic heterocycles. The highest BCUT2D eigenvalue weighted by Crippen LogP contribution is 2.09. The number of H-pyrrole nitrogens is 1. The molecule has 0 aliphatic carbocycles. The first-order valence-corrected chi connectivity index (χ1v) is 8.11. The Morgan fingerprint density at radius 1 is 1.20 bits per heavy atom. The number of para-hydroxylation sites is 1. The SMILES string of the molecule is CS(=O)(=O)NCCNCc1cc2ccccc2[nH]c1=O. The van der Waals surface area contributed by atoms with Crippen LogP contribution >= 0.6 is 0 Å². The molecule has 7 heteroatoms. The Morgan fingerprint density at radius 3 is 2.70 bits per heavy atom. The minimum atomic E-state index is -3.16. The standard InChI is InChI=1S/C13H17N3O3S/c1-20(18,19)15-7-6-14-9-11-8-10-4-2-3-5-12(10)16-13(11)17/h2-5,8,14-15H,6-7,9H2,1H3,(H,16,17). The quantitative estimate of drug-likeness (QED) is 0.662. The molecule has 0 saturated heterocycles. The zero-order chi connectivity index (χ0) is 14.6. The van der Waals surface area contributed by atoms with Gasteiger partial charge in [0, 0.05) is 30.7 Å². The Labute approximate surface area is 117 Å². The molecule has 0 atom stereocenters. The largest absolute Gasteiger partial charge is 0.322 e. The molecule has 0 bridgehead atoms.